The maximum atomic E-state index is 13.2. The Morgan fingerprint density at radius 3 is 2.43 bits per heavy atom. The number of rotatable bonds is 6. The molecule has 0 bridgehead atoms. The van der Waals surface area contributed by atoms with Gasteiger partial charge in [0.15, 0.2) is 5.78 Å². The van der Waals surface area contributed by atoms with Crippen molar-refractivity contribution in [3.8, 4) is 0 Å². The van der Waals surface area contributed by atoms with Crippen LogP contribution in [0.4, 0.5) is 5.69 Å². The smallest absolute Gasteiger partial charge is 0.255 e. The molecule has 158 valence electrons. The fourth-order valence-electron chi connectivity index (χ4n) is 3.97. The number of Topliss-reactive ketones (excluding diaryl/α,β-unsaturated/α-hetero) is 1. The van der Waals surface area contributed by atoms with Crippen LogP contribution in [0.2, 0.25) is 0 Å². The van der Waals surface area contributed by atoms with Crippen LogP contribution in [0.1, 0.15) is 40.5 Å². The number of hydrogen-bond donors (Lipinski definition) is 0. The first kappa shape index (κ1) is 20.9. The SMILES string of the molecule is CC(=O)c1ccc(N2CCN(C(=O)c3ccccc3SC[C@@H]3CCCO3)CC2)cc1. The molecule has 4 rings (SSSR count). The van der Waals surface area contributed by atoms with Crippen LogP contribution in [-0.4, -0.2) is 61.2 Å². The Morgan fingerprint density at radius 2 is 1.77 bits per heavy atom. The molecule has 0 aromatic heterocycles. The Kier molecular flexibility index (Phi) is 6.75. The summed E-state index contributed by atoms with van der Waals surface area (Å²) in [5, 5.41) is 0. The summed E-state index contributed by atoms with van der Waals surface area (Å²) in [5.41, 5.74) is 2.61. The minimum absolute atomic E-state index is 0.0768. The lowest BCUT2D eigenvalue weighted by Crippen LogP contribution is -2.48. The van der Waals surface area contributed by atoms with Gasteiger partial charge in [0, 0.05) is 54.7 Å². The average Bonchev–Trinajstić information content (AvgIpc) is 3.31. The van der Waals surface area contributed by atoms with Crippen LogP contribution in [0.15, 0.2) is 53.4 Å². The Bertz CT molecular complexity index is 886. The Labute approximate surface area is 182 Å². The summed E-state index contributed by atoms with van der Waals surface area (Å²) < 4.78 is 5.73. The zero-order chi connectivity index (χ0) is 20.9. The molecule has 0 N–H and O–H groups in total. The molecule has 2 aromatic carbocycles. The number of benzene rings is 2. The maximum absolute atomic E-state index is 13.2. The molecule has 1 atom stereocenters. The van der Waals surface area contributed by atoms with Crippen molar-refractivity contribution in [1.82, 2.24) is 4.90 Å². The van der Waals surface area contributed by atoms with Gasteiger partial charge in [-0.25, -0.2) is 0 Å². The van der Waals surface area contributed by atoms with E-state index in [1.54, 1.807) is 18.7 Å². The monoisotopic (exact) mass is 424 g/mol. The van der Waals surface area contributed by atoms with E-state index in [9.17, 15) is 9.59 Å². The minimum atomic E-state index is 0.0768. The molecular formula is C24H28N2O3S. The highest BCUT2D eigenvalue weighted by Crippen LogP contribution is 2.28. The van der Waals surface area contributed by atoms with Crippen molar-refractivity contribution < 1.29 is 14.3 Å². The highest BCUT2D eigenvalue weighted by atomic mass is 32.2. The molecule has 0 aliphatic carbocycles. The molecule has 0 unspecified atom stereocenters. The predicted octanol–water partition coefficient (Wildman–Crippen LogP) is 4.12. The van der Waals surface area contributed by atoms with Crippen molar-refractivity contribution in [2.45, 2.75) is 30.8 Å². The van der Waals surface area contributed by atoms with Gasteiger partial charge in [0.05, 0.1) is 11.7 Å². The van der Waals surface area contributed by atoms with Crippen LogP contribution in [0.25, 0.3) is 0 Å². The summed E-state index contributed by atoms with van der Waals surface area (Å²) in [6, 6.07) is 15.6. The van der Waals surface area contributed by atoms with E-state index in [0.717, 1.165) is 60.0 Å². The molecule has 5 nitrogen and oxygen atoms in total. The predicted molar refractivity (Wildman–Crippen MR) is 121 cm³/mol. The summed E-state index contributed by atoms with van der Waals surface area (Å²) >= 11 is 1.73. The molecule has 2 aliphatic rings. The van der Waals surface area contributed by atoms with Gasteiger partial charge in [-0.2, -0.15) is 0 Å². The number of carbonyl (C=O) groups excluding carboxylic acids is 2. The van der Waals surface area contributed by atoms with Crippen molar-refractivity contribution in [2.24, 2.45) is 0 Å². The van der Waals surface area contributed by atoms with Crippen LogP contribution in [0, 0.1) is 0 Å². The molecule has 0 spiro atoms. The van der Waals surface area contributed by atoms with Crippen LogP contribution in [0.3, 0.4) is 0 Å². The number of anilines is 1. The fraction of sp³-hybridized carbons (Fsp3) is 0.417. The van der Waals surface area contributed by atoms with Crippen molar-refractivity contribution in [2.75, 3.05) is 43.4 Å². The maximum Gasteiger partial charge on any atom is 0.255 e. The van der Waals surface area contributed by atoms with Crippen LogP contribution < -0.4 is 4.90 Å². The Hall–Kier alpha value is -2.31. The number of ketones is 1. The molecule has 2 aliphatic heterocycles. The number of carbonyl (C=O) groups is 2. The first-order valence-electron chi connectivity index (χ1n) is 10.6. The van der Waals surface area contributed by atoms with E-state index < -0.39 is 0 Å². The number of amides is 1. The molecule has 2 heterocycles. The van der Waals surface area contributed by atoms with Gasteiger partial charge >= 0.3 is 0 Å². The molecule has 2 fully saturated rings. The molecular weight excluding hydrogens is 396 g/mol. The lowest BCUT2D eigenvalue weighted by molar-refractivity contribution is 0.0743. The lowest BCUT2D eigenvalue weighted by Gasteiger charge is -2.36. The van der Waals surface area contributed by atoms with Crippen molar-refractivity contribution in [3.05, 3.63) is 59.7 Å². The molecule has 6 heteroatoms. The van der Waals surface area contributed by atoms with Crippen LogP contribution in [0.5, 0.6) is 0 Å². The van der Waals surface area contributed by atoms with E-state index in [1.807, 2.05) is 53.4 Å². The van der Waals surface area contributed by atoms with Crippen LogP contribution >= 0.6 is 11.8 Å². The quantitative estimate of drug-likeness (QED) is 0.516. The second-order valence-corrected chi connectivity index (χ2v) is 8.89. The van der Waals surface area contributed by atoms with Gasteiger partial charge in [0.2, 0.25) is 0 Å². The molecule has 0 radical (unpaired) electrons. The number of hydrogen-bond acceptors (Lipinski definition) is 5. The molecule has 2 aromatic rings. The summed E-state index contributed by atoms with van der Waals surface area (Å²) in [7, 11) is 0. The summed E-state index contributed by atoms with van der Waals surface area (Å²) in [5.74, 6) is 1.08. The van der Waals surface area contributed by atoms with Gasteiger partial charge in [0.1, 0.15) is 0 Å². The second kappa shape index (κ2) is 9.67. The van der Waals surface area contributed by atoms with Gasteiger partial charge in [-0.15, -0.1) is 11.8 Å². The van der Waals surface area contributed by atoms with Crippen LogP contribution in [-0.2, 0) is 4.74 Å². The zero-order valence-electron chi connectivity index (χ0n) is 17.4. The highest BCUT2D eigenvalue weighted by Gasteiger charge is 2.25. The number of nitrogens with zero attached hydrogens (tertiary/aromatic N) is 2. The Balaban J connectivity index is 1.36. The molecule has 30 heavy (non-hydrogen) atoms. The van der Waals surface area contributed by atoms with E-state index in [2.05, 4.69) is 4.90 Å². The standard InChI is InChI=1S/C24H28N2O3S/c1-18(27)19-8-10-20(11-9-19)25-12-14-26(15-13-25)24(28)22-6-2-3-7-23(22)30-17-21-5-4-16-29-21/h2-3,6-11,21H,4-5,12-17H2,1H3/t21-/m0/s1. The third-order valence-corrected chi connectivity index (χ3v) is 6.98. The number of ether oxygens (including phenoxy) is 1. The van der Waals surface area contributed by atoms with Gasteiger partial charge < -0.3 is 14.5 Å². The highest BCUT2D eigenvalue weighted by molar-refractivity contribution is 7.99. The second-order valence-electron chi connectivity index (χ2n) is 7.82. The number of piperazine rings is 1. The Morgan fingerprint density at radius 1 is 1.03 bits per heavy atom. The summed E-state index contributed by atoms with van der Waals surface area (Å²) in [6.45, 7) is 5.40. The van der Waals surface area contributed by atoms with E-state index in [-0.39, 0.29) is 11.7 Å². The molecule has 0 saturated carbocycles. The number of thioether (sulfide) groups is 1. The minimum Gasteiger partial charge on any atom is -0.377 e. The largest absolute Gasteiger partial charge is 0.377 e. The normalized spacial score (nSPS) is 19.2. The van der Waals surface area contributed by atoms with Gasteiger partial charge in [0.25, 0.3) is 5.91 Å². The van der Waals surface area contributed by atoms with Crippen molar-refractivity contribution in [1.29, 1.82) is 0 Å². The van der Waals surface area contributed by atoms with Crippen molar-refractivity contribution in [3.63, 3.8) is 0 Å². The van der Waals surface area contributed by atoms with E-state index in [0.29, 0.717) is 19.2 Å². The van der Waals surface area contributed by atoms with Gasteiger partial charge in [-0.3, -0.25) is 9.59 Å². The van der Waals surface area contributed by atoms with E-state index >= 15 is 0 Å². The fourth-order valence-corrected chi connectivity index (χ4v) is 5.09. The first-order valence-corrected chi connectivity index (χ1v) is 11.6. The van der Waals surface area contributed by atoms with E-state index in [4.69, 9.17) is 4.74 Å². The summed E-state index contributed by atoms with van der Waals surface area (Å²) in [6.07, 6.45) is 2.54. The average molecular weight is 425 g/mol. The van der Waals surface area contributed by atoms with Gasteiger partial charge in [-0.05, 0) is 56.2 Å². The zero-order valence-corrected chi connectivity index (χ0v) is 18.2. The summed E-state index contributed by atoms with van der Waals surface area (Å²) in [4.78, 5) is 29.9. The topological polar surface area (TPSA) is 49.9 Å². The molecule has 1 amide bonds. The molecule has 2 saturated heterocycles. The van der Waals surface area contributed by atoms with Crippen molar-refractivity contribution >= 4 is 29.1 Å². The van der Waals surface area contributed by atoms with E-state index in [1.165, 1.54) is 0 Å². The van der Waals surface area contributed by atoms with Gasteiger partial charge in [-0.1, -0.05) is 12.1 Å². The third kappa shape index (κ3) is 4.87. The first-order chi connectivity index (χ1) is 14.6. The third-order valence-electron chi connectivity index (χ3n) is 5.77. The lowest BCUT2D eigenvalue weighted by atomic mass is 10.1.